The van der Waals surface area contributed by atoms with E-state index in [1.165, 1.54) is 12.3 Å². The maximum Gasteiger partial charge on any atom is 0.226 e. The Morgan fingerprint density at radius 3 is 2.72 bits per heavy atom. The third-order valence-corrected chi connectivity index (χ3v) is 7.85. The van der Waals surface area contributed by atoms with Crippen LogP contribution in [0.4, 0.5) is 5.95 Å². The van der Waals surface area contributed by atoms with Crippen LogP contribution < -0.4 is 10.6 Å². The predicted molar refractivity (Wildman–Crippen MR) is 116 cm³/mol. The van der Waals surface area contributed by atoms with Crippen molar-refractivity contribution >= 4 is 39.7 Å². The standard InChI is InChI=1S/C19H26ClN5O3S/c1-12-11-28-8-7-25(12)18-23-15(13(2)14(20)9-17(21)22-3)10-16(24-18)19(5-6-19)29(4,26)27/h9-10,12H,3,5-8,11,21H2,1-2,4H3/b14-13-,17-9-/t12-/m1/s1. The van der Waals surface area contributed by atoms with Crippen LogP contribution in [0, 0.1) is 0 Å². The van der Waals surface area contributed by atoms with Crippen molar-refractivity contribution < 1.29 is 13.2 Å². The van der Waals surface area contributed by atoms with Gasteiger partial charge >= 0.3 is 0 Å². The van der Waals surface area contributed by atoms with Crippen molar-refractivity contribution in [2.75, 3.05) is 30.9 Å². The molecule has 1 saturated heterocycles. The molecule has 2 fully saturated rings. The summed E-state index contributed by atoms with van der Waals surface area (Å²) in [6.45, 7) is 8.94. The zero-order valence-corrected chi connectivity index (χ0v) is 18.4. The van der Waals surface area contributed by atoms with Gasteiger partial charge in [0.05, 0.1) is 30.6 Å². The highest BCUT2D eigenvalue weighted by atomic mass is 35.5. The van der Waals surface area contributed by atoms with Crippen molar-refractivity contribution in [1.29, 1.82) is 0 Å². The molecule has 0 aromatic carbocycles. The number of sulfone groups is 1. The lowest BCUT2D eigenvalue weighted by Crippen LogP contribution is -2.45. The highest BCUT2D eigenvalue weighted by Crippen LogP contribution is 2.52. The van der Waals surface area contributed by atoms with E-state index in [4.69, 9.17) is 27.1 Å². The molecule has 0 unspecified atom stereocenters. The summed E-state index contributed by atoms with van der Waals surface area (Å²) >= 11 is 6.40. The van der Waals surface area contributed by atoms with Crippen LogP contribution >= 0.6 is 11.6 Å². The van der Waals surface area contributed by atoms with Crippen LogP contribution in [-0.4, -0.2) is 57.2 Å². The van der Waals surface area contributed by atoms with Crippen LogP contribution in [-0.2, 0) is 19.3 Å². The molecule has 2 N–H and O–H groups in total. The molecule has 10 heteroatoms. The highest BCUT2D eigenvalue weighted by molar-refractivity contribution is 7.91. The Hall–Kier alpha value is -1.97. The predicted octanol–water partition coefficient (Wildman–Crippen LogP) is 2.21. The molecule has 0 spiro atoms. The molecule has 29 heavy (non-hydrogen) atoms. The topological polar surface area (TPSA) is 111 Å². The lowest BCUT2D eigenvalue weighted by Gasteiger charge is -2.34. The van der Waals surface area contributed by atoms with Crippen LogP contribution in [0.5, 0.6) is 0 Å². The minimum absolute atomic E-state index is 0.0699. The Labute approximate surface area is 176 Å². The normalized spacial score (nSPS) is 22.8. The number of hydrogen-bond donors (Lipinski definition) is 1. The monoisotopic (exact) mass is 439 g/mol. The molecule has 0 bridgehead atoms. The quantitative estimate of drug-likeness (QED) is 0.534. The van der Waals surface area contributed by atoms with E-state index in [0.29, 0.717) is 60.5 Å². The van der Waals surface area contributed by atoms with Crippen LogP contribution in [0.1, 0.15) is 38.1 Å². The third-order valence-electron chi connectivity index (χ3n) is 5.42. The van der Waals surface area contributed by atoms with Gasteiger partial charge in [0, 0.05) is 17.8 Å². The van der Waals surface area contributed by atoms with E-state index < -0.39 is 14.6 Å². The van der Waals surface area contributed by atoms with Crippen molar-refractivity contribution in [1.82, 2.24) is 9.97 Å². The van der Waals surface area contributed by atoms with Crippen LogP contribution in [0.25, 0.3) is 5.57 Å². The summed E-state index contributed by atoms with van der Waals surface area (Å²) < 4.78 is 29.5. The third kappa shape index (κ3) is 4.31. The maximum atomic E-state index is 12.5. The van der Waals surface area contributed by atoms with Gasteiger partial charge in [0.1, 0.15) is 10.6 Å². The zero-order chi connectivity index (χ0) is 21.4. The summed E-state index contributed by atoms with van der Waals surface area (Å²) in [7, 11) is -3.33. The SMILES string of the molecule is C=N/C(N)=C\C(Cl)=C(/C)c1cc(C2(S(C)(=O)=O)CC2)nc(N2CCOC[C@H]2C)n1. The second kappa shape index (κ2) is 8.04. The van der Waals surface area contributed by atoms with Crippen LogP contribution in [0.15, 0.2) is 28.0 Å². The van der Waals surface area contributed by atoms with Gasteiger partial charge in [-0.25, -0.2) is 23.4 Å². The number of morpholine rings is 1. The van der Waals surface area contributed by atoms with Gasteiger partial charge in [-0.05, 0) is 51.1 Å². The molecular formula is C19H26ClN5O3S. The van der Waals surface area contributed by atoms with Crippen molar-refractivity contribution in [3.63, 3.8) is 0 Å². The van der Waals surface area contributed by atoms with Crippen LogP contribution in [0.3, 0.4) is 0 Å². The molecule has 1 aliphatic carbocycles. The zero-order valence-electron chi connectivity index (χ0n) is 16.9. The molecule has 2 heterocycles. The van der Waals surface area contributed by atoms with Gasteiger partial charge in [-0.15, -0.1) is 0 Å². The summed E-state index contributed by atoms with van der Waals surface area (Å²) in [5.41, 5.74) is 7.40. The number of allylic oxidation sites excluding steroid dienone is 3. The summed E-state index contributed by atoms with van der Waals surface area (Å²) in [6.07, 6.45) is 3.84. The molecule has 158 valence electrons. The fraction of sp³-hybridized carbons (Fsp3) is 0.526. The van der Waals surface area contributed by atoms with Crippen LogP contribution in [0.2, 0.25) is 0 Å². The first-order valence-corrected chi connectivity index (χ1v) is 11.6. The average molecular weight is 440 g/mol. The minimum Gasteiger partial charge on any atom is -0.384 e. The second-order valence-corrected chi connectivity index (χ2v) is 10.3. The maximum absolute atomic E-state index is 12.5. The molecule has 0 amide bonds. The van der Waals surface area contributed by atoms with E-state index in [1.807, 2.05) is 11.8 Å². The molecule has 1 aromatic rings. The molecule has 2 aliphatic rings. The van der Waals surface area contributed by atoms with Crippen molar-refractivity contribution in [3.05, 3.63) is 34.4 Å². The summed E-state index contributed by atoms with van der Waals surface area (Å²) in [6, 6.07) is 1.78. The fourth-order valence-corrected chi connectivity index (χ4v) is 4.89. The summed E-state index contributed by atoms with van der Waals surface area (Å²) in [4.78, 5) is 15.0. The molecule has 1 atom stereocenters. The van der Waals surface area contributed by atoms with E-state index in [9.17, 15) is 8.42 Å². The first-order chi connectivity index (χ1) is 13.6. The Bertz CT molecular complexity index is 986. The van der Waals surface area contributed by atoms with Gasteiger partial charge in [-0.2, -0.15) is 0 Å². The number of nitrogens with two attached hydrogens (primary N) is 1. The first kappa shape index (κ1) is 21.7. The highest BCUT2D eigenvalue weighted by Gasteiger charge is 2.55. The molecule has 3 rings (SSSR count). The number of aliphatic imine (C=N–C) groups is 1. The minimum atomic E-state index is -3.33. The number of halogens is 1. The Morgan fingerprint density at radius 2 is 2.17 bits per heavy atom. The van der Waals surface area contributed by atoms with Gasteiger partial charge in [0.25, 0.3) is 0 Å². The number of aromatic nitrogens is 2. The largest absolute Gasteiger partial charge is 0.384 e. The molecule has 1 saturated carbocycles. The summed E-state index contributed by atoms with van der Waals surface area (Å²) in [5, 5.41) is 0.352. The number of hydrogen-bond acceptors (Lipinski definition) is 8. The number of ether oxygens (including phenoxy) is 1. The van der Waals surface area contributed by atoms with Gasteiger partial charge < -0.3 is 15.4 Å². The smallest absolute Gasteiger partial charge is 0.226 e. The van der Waals surface area contributed by atoms with E-state index in [1.54, 1.807) is 13.0 Å². The molecule has 1 aliphatic heterocycles. The Kier molecular flexibility index (Phi) is 6.03. The number of rotatable bonds is 6. The van der Waals surface area contributed by atoms with Gasteiger partial charge in [-0.3, -0.25) is 0 Å². The molecule has 8 nitrogen and oxygen atoms in total. The van der Waals surface area contributed by atoms with Crippen molar-refractivity contribution in [2.45, 2.75) is 37.5 Å². The molecular weight excluding hydrogens is 414 g/mol. The molecule has 0 radical (unpaired) electrons. The van der Waals surface area contributed by atoms with Gasteiger partial charge in [0.2, 0.25) is 5.95 Å². The fourth-order valence-electron chi connectivity index (χ4n) is 3.35. The van der Waals surface area contributed by atoms with Gasteiger partial charge in [0.15, 0.2) is 9.84 Å². The lowest BCUT2D eigenvalue weighted by molar-refractivity contribution is 0.0980. The van der Waals surface area contributed by atoms with Crippen molar-refractivity contribution in [3.8, 4) is 0 Å². The van der Waals surface area contributed by atoms with E-state index in [0.717, 1.165) is 0 Å². The molecule has 1 aromatic heterocycles. The number of anilines is 1. The Balaban J connectivity index is 2.16. The average Bonchev–Trinajstić information content (AvgIpc) is 3.49. The summed E-state index contributed by atoms with van der Waals surface area (Å²) in [5.74, 6) is 0.659. The van der Waals surface area contributed by atoms with E-state index in [-0.39, 0.29) is 11.9 Å². The lowest BCUT2D eigenvalue weighted by atomic mass is 10.1. The second-order valence-electron chi connectivity index (χ2n) is 7.52. The van der Waals surface area contributed by atoms with E-state index >= 15 is 0 Å². The number of nitrogens with zero attached hydrogens (tertiary/aromatic N) is 4. The van der Waals surface area contributed by atoms with Crippen molar-refractivity contribution in [2.24, 2.45) is 10.7 Å². The first-order valence-electron chi connectivity index (χ1n) is 9.33. The van der Waals surface area contributed by atoms with Gasteiger partial charge in [-0.1, -0.05) is 11.6 Å². The van der Waals surface area contributed by atoms with E-state index in [2.05, 4.69) is 16.7 Å². The Morgan fingerprint density at radius 1 is 1.48 bits per heavy atom.